The van der Waals surface area contributed by atoms with Crippen molar-refractivity contribution in [3.05, 3.63) is 106 Å². The van der Waals surface area contributed by atoms with Crippen molar-refractivity contribution >= 4 is 24.2 Å². The Bertz CT molecular complexity index is 2660. The Hall–Kier alpha value is -7.46. The molecule has 3 saturated carbocycles. The summed E-state index contributed by atoms with van der Waals surface area (Å²) in [6, 6.07) is 4.57. The molecule has 3 aliphatic rings. The lowest BCUT2D eigenvalue weighted by Gasteiger charge is -2.22. The second-order valence-electron chi connectivity index (χ2n) is 18.9. The Morgan fingerprint density at radius 3 is 1.38 bits per heavy atom. The molecule has 6 heterocycles. The van der Waals surface area contributed by atoms with Crippen LogP contribution in [0.4, 0.5) is 14.4 Å². The van der Waals surface area contributed by atoms with Crippen LogP contribution in [0.25, 0.3) is 0 Å². The minimum Gasteiger partial charge on any atom is -0.478 e. The Morgan fingerprint density at radius 2 is 1.00 bits per heavy atom. The van der Waals surface area contributed by atoms with Crippen LogP contribution in [0.2, 0.25) is 0 Å². The lowest BCUT2D eigenvalue weighted by Crippen LogP contribution is -2.36. The molecule has 0 bridgehead atoms. The van der Waals surface area contributed by atoms with Crippen LogP contribution in [0.3, 0.4) is 0 Å². The molecule has 23 nitrogen and oxygen atoms in total. The molecule has 3 amide bonds. The number of carbonyl (C=O) groups is 4. The predicted octanol–water partition coefficient (Wildman–Crippen LogP) is 8.37. The number of hydrogen-bond acceptors (Lipinski definition) is 16. The van der Waals surface area contributed by atoms with Crippen LogP contribution in [-0.2, 0) is 53.7 Å². The van der Waals surface area contributed by atoms with Crippen LogP contribution in [0.1, 0.15) is 163 Å². The highest BCUT2D eigenvalue weighted by molar-refractivity contribution is 5.90. The van der Waals surface area contributed by atoms with E-state index in [0.717, 1.165) is 79.8 Å². The predicted molar refractivity (Wildman–Crippen MR) is 260 cm³/mol. The van der Waals surface area contributed by atoms with E-state index in [4.69, 9.17) is 27.5 Å². The van der Waals surface area contributed by atoms with Crippen molar-refractivity contribution in [3.63, 3.8) is 0 Å². The van der Waals surface area contributed by atoms with Gasteiger partial charge in [0.2, 0.25) is 0 Å². The number of hydrogen-bond donors (Lipinski definition) is 4. The first-order valence-electron chi connectivity index (χ1n) is 25.2. The second kappa shape index (κ2) is 26.8. The fourth-order valence-corrected chi connectivity index (χ4v) is 8.88. The first-order chi connectivity index (χ1) is 35.3. The van der Waals surface area contributed by atoms with Gasteiger partial charge in [-0.25, -0.2) is 33.2 Å². The largest absolute Gasteiger partial charge is 0.478 e. The van der Waals surface area contributed by atoms with Gasteiger partial charge in [-0.05, 0) is 89.5 Å². The molecule has 0 unspecified atom stereocenters. The minimum absolute atomic E-state index is 0.00151. The molecular weight excluding hydrogens is 945 g/mol. The van der Waals surface area contributed by atoms with Crippen molar-refractivity contribution < 1.29 is 51.7 Å². The van der Waals surface area contributed by atoms with Crippen LogP contribution in [0.5, 0.6) is 0 Å². The van der Waals surface area contributed by atoms with Gasteiger partial charge in [-0.3, -0.25) is 0 Å². The van der Waals surface area contributed by atoms with Crippen molar-refractivity contribution in [3.8, 4) is 0 Å². The molecule has 3 aliphatic carbocycles. The van der Waals surface area contributed by atoms with Crippen molar-refractivity contribution in [1.82, 2.24) is 60.9 Å². The molecule has 9 rings (SSSR count). The lowest BCUT2D eigenvalue weighted by atomic mass is 9.96. The van der Waals surface area contributed by atoms with Gasteiger partial charge in [0, 0.05) is 23.7 Å². The quantitative estimate of drug-likeness (QED) is 0.0662. The number of aryl methyl sites for hydroxylation is 4. The molecule has 0 aromatic carbocycles. The van der Waals surface area contributed by atoms with Crippen LogP contribution in [-0.4, -0.2) is 92.5 Å². The van der Waals surface area contributed by atoms with Crippen LogP contribution >= 0.6 is 0 Å². The van der Waals surface area contributed by atoms with Gasteiger partial charge in [0.15, 0.2) is 0 Å². The maximum absolute atomic E-state index is 11.8. The van der Waals surface area contributed by atoms with E-state index < -0.39 is 12.1 Å². The van der Waals surface area contributed by atoms with Gasteiger partial charge < -0.3 is 48.5 Å². The van der Waals surface area contributed by atoms with Gasteiger partial charge >= 0.3 is 24.2 Å². The normalized spacial score (nSPS) is 15.3. The average molecular weight is 1010 g/mol. The molecule has 4 N–H and O–H groups in total. The topological polar surface area (TPSA) is 284 Å². The first kappa shape index (κ1) is 53.3. The third-order valence-corrected chi connectivity index (χ3v) is 13.0. The number of aromatic carboxylic acids is 1. The fraction of sp³-hybridized carbons (Fsp3) is 0.560. The molecule has 394 valence electrons. The van der Waals surface area contributed by atoms with Crippen molar-refractivity contribution in [2.75, 3.05) is 0 Å². The van der Waals surface area contributed by atoms with Crippen LogP contribution in [0.15, 0.2) is 56.5 Å². The summed E-state index contributed by atoms with van der Waals surface area (Å²) in [5.74, 6) is 1.83. The van der Waals surface area contributed by atoms with E-state index in [1.807, 2.05) is 32.9 Å². The molecule has 6 aromatic rings. The smallest absolute Gasteiger partial charge is 0.407 e. The second-order valence-corrected chi connectivity index (χ2v) is 18.9. The molecule has 0 atom stereocenters. The summed E-state index contributed by atoms with van der Waals surface area (Å²) in [5, 5.41) is 41.9. The maximum atomic E-state index is 11.8. The van der Waals surface area contributed by atoms with E-state index in [9.17, 15) is 24.3 Å². The molecule has 6 aromatic heterocycles. The number of carbonyl (C=O) groups excluding carboxylic acids is 3. The molecule has 73 heavy (non-hydrogen) atoms. The number of furan rings is 3. The summed E-state index contributed by atoms with van der Waals surface area (Å²) < 4.78 is 36.7. The Kier molecular flexibility index (Phi) is 19.6. The number of carboxylic acid groups (broad SMARTS) is 1. The summed E-state index contributed by atoms with van der Waals surface area (Å²) >= 11 is 0. The summed E-state index contributed by atoms with van der Waals surface area (Å²) in [6.45, 7) is 8.99. The highest BCUT2D eigenvalue weighted by Crippen LogP contribution is 2.21. The number of ether oxygens (including phenoxy) is 3. The number of alkyl carbamates (subject to hydrolysis) is 3. The Morgan fingerprint density at radius 1 is 0.575 bits per heavy atom. The maximum Gasteiger partial charge on any atom is 0.407 e. The minimum atomic E-state index is -1.05. The molecule has 0 radical (unpaired) electrons. The highest BCUT2D eigenvalue weighted by atomic mass is 16.6. The third-order valence-electron chi connectivity index (χ3n) is 13.0. The number of nitrogens with zero attached hydrogens (tertiary/aromatic N) is 9. The highest BCUT2D eigenvalue weighted by Gasteiger charge is 2.21. The fourth-order valence-electron chi connectivity index (χ4n) is 8.88. The van der Waals surface area contributed by atoms with E-state index in [2.05, 4.69) is 46.9 Å². The van der Waals surface area contributed by atoms with Crippen molar-refractivity contribution in [2.24, 2.45) is 0 Å². The number of aromatic nitrogens is 9. The molecule has 0 saturated heterocycles. The van der Waals surface area contributed by atoms with Crippen molar-refractivity contribution in [1.29, 1.82) is 0 Å². The van der Waals surface area contributed by atoms with Gasteiger partial charge in [-0.15, -0.1) is 15.3 Å². The molecule has 0 spiro atoms. The van der Waals surface area contributed by atoms with E-state index in [1.54, 1.807) is 41.1 Å². The first-order valence-corrected chi connectivity index (χ1v) is 25.2. The number of amides is 3. The van der Waals surface area contributed by atoms with Gasteiger partial charge in [0.05, 0.1) is 31.1 Å². The molecule has 3 fully saturated rings. The van der Waals surface area contributed by atoms with E-state index in [-0.39, 0.29) is 62.2 Å². The summed E-state index contributed by atoms with van der Waals surface area (Å²) in [4.78, 5) is 46.7. The van der Waals surface area contributed by atoms with E-state index in [1.165, 1.54) is 55.9 Å². The van der Waals surface area contributed by atoms with Gasteiger partial charge in [0.25, 0.3) is 0 Å². The number of rotatable bonds is 16. The zero-order chi connectivity index (χ0) is 51.5. The SMILES string of the molecule is Cc1cc(Cn2cc(COC(=O)NC3CCCCC3)nn2)oc1C.Cc1ccoc1Cn1cc(COC(=O)NC2CCCCC2)nn1.Cc1coc(Cn2cc(COC(=O)NC3CCCCC3)nn2)c1C(=O)O. The standard InChI is InChI=1S/C17H22N4O5.C17H24N4O3.C16H22N4O3/c1-11-9-25-14(15(11)16(22)23)8-21-7-13(19-20-21)10-26-17(24)18-12-5-3-2-4-6-12;1-12-8-16(24-13(12)2)10-21-9-15(19-20-21)11-23-17(22)18-14-6-4-3-5-7-14;1-12-7-8-22-15(12)10-20-9-14(18-19-20)11-23-16(21)17-13-5-3-2-4-6-13/h7,9,12H,2-6,8,10H2,1H3,(H,18,24)(H,22,23);8-9,14H,3-7,10-11H2,1-2H3,(H,18,22);7-9,13H,2-6,10-11H2,1H3,(H,17,21). The van der Waals surface area contributed by atoms with E-state index >= 15 is 0 Å². The average Bonchev–Trinajstić information content (AvgIpc) is 4.27. The van der Waals surface area contributed by atoms with Gasteiger partial charge in [-0.1, -0.05) is 73.4 Å². The van der Waals surface area contributed by atoms with Crippen LogP contribution < -0.4 is 16.0 Å². The van der Waals surface area contributed by atoms with Gasteiger partial charge in [-0.2, -0.15) is 0 Å². The summed E-state index contributed by atoms with van der Waals surface area (Å²) in [6.07, 6.45) is 23.7. The molecule has 23 heteroatoms. The number of nitrogens with one attached hydrogen (secondary N) is 3. The van der Waals surface area contributed by atoms with Crippen LogP contribution in [0, 0.1) is 27.7 Å². The lowest BCUT2D eigenvalue weighted by molar-refractivity contribution is 0.0693. The van der Waals surface area contributed by atoms with E-state index in [0.29, 0.717) is 41.5 Å². The monoisotopic (exact) mass is 1010 g/mol. The Labute approximate surface area is 423 Å². The Balaban J connectivity index is 0.000000161. The van der Waals surface area contributed by atoms with Crippen molar-refractivity contribution in [2.45, 2.75) is 182 Å². The molecule has 0 aliphatic heterocycles. The number of carboxylic acids is 1. The zero-order valence-corrected chi connectivity index (χ0v) is 42.2. The summed E-state index contributed by atoms with van der Waals surface area (Å²) in [5.41, 5.74) is 4.59. The molecular formula is C50H68N12O11. The third kappa shape index (κ3) is 17.1. The summed E-state index contributed by atoms with van der Waals surface area (Å²) in [7, 11) is 0. The van der Waals surface area contributed by atoms with Gasteiger partial charge in [0.1, 0.15) is 85.1 Å². The zero-order valence-electron chi connectivity index (χ0n) is 42.2.